The standard InChI is InChI=1S/C28H39N5/c1-19(2)23-10-12-24(13-11-23)30-28-25-14-9-22(16-21(5)8-7-15-29)17-26(25)31-27(32-28)18-33(6)20(3)4/h7-15,17,19-20,27,31H,16,18,29H2,1-6H3,(H,30,32)/b15-7-,21-8-. The quantitative estimate of drug-likeness (QED) is 0.455. The van der Waals surface area contributed by atoms with Gasteiger partial charge in [0, 0.05) is 29.5 Å². The number of allylic oxidation sites excluding steroid dienone is 3. The predicted octanol–water partition coefficient (Wildman–Crippen LogP) is 5.72. The van der Waals surface area contributed by atoms with Gasteiger partial charge in [-0.1, -0.05) is 43.7 Å². The number of hydrogen-bond acceptors (Lipinski definition) is 5. The largest absolute Gasteiger partial charge is 0.405 e. The zero-order chi connectivity index (χ0) is 24.0. The molecule has 5 heteroatoms. The Morgan fingerprint density at radius 1 is 1.15 bits per heavy atom. The van der Waals surface area contributed by atoms with Crippen LogP contribution < -0.4 is 16.4 Å². The second-order valence-corrected chi connectivity index (χ2v) is 9.53. The van der Waals surface area contributed by atoms with Crippen LogP contribution in [0.1, 0.15) is 57.2 Å². The first kappa shape index (κ1) is 24.6. The maximum atomic E-state index is 5.48. The van der Waals surface area contributed by atoms with Crippen molar-refractivity contribution >= 4 is 17.2 Å². The summed E-state index contributed by atoms with van der Waals surface area (Å²) in [5, 5.41) is 7.24. The summed E-state index contributed by atoms with van der Waals surface area (Å²) in [4.78, 5) is 7.36. The lowest BCUT2D eigenvalue weighted by molar-refractivity contribution is 0.264. The number of aliphatic imine (C=N–C) groups is 1. The highest BCUT2D eigenvalue weighted by atomic mass is 15.2. The van der Waals surface area contributed by atoms with Gasteiger partial charge in [-0.15, -0.1) is 0 Å². The number of hydrogen-bond donors (Lipinski definition) is 3. The summed E-state index contributed by atoms with van der Waals surface area (Å²) < 4.78 is 0. The highest BCUT2D eigenvalue weighted by molar-refractivity contribution is 6.12. The Bertz CT molecular complexity index is 1020. The average Bonchev–Trinajstić information content (AvgIpc) is 2.77. The summed E-state index contributed by atoms with van der Waals surface area (Å²) in [7, 11) is 2.14. The molecule has 1 heterocycles. The molecule has 0 saturated heterocycles. The van der Waals surface area contributed by atoms with E-state index >= 15 is 0 Å². The topological polar surface area (TPSA) is 65.7 Å². The Labute approximate surface area is 199 Å². The van der Waals surface area contributed by atoms with Crippen LogP contribution in [-0.4, -0.2) is 36.5 Å². The fourth-order valence-electron chi connectivity index (χ4n) is 3.82. The summed E-state index contributed by atoms with van der Waals surface area (Å²) in [6.07, 6.45) is 6.36. The normalized spacial score (nSPS) is 16.3. The molecule has 0 spiro atoms. The van der Waals surface area contributed by atoms with Crippen molar-refractivity contribution in [1.29, 1.82) is 0 Å². The van der Waals surface area contributed by atoms with Crippen molar-refractivity contribution in [2.24, 2.45) is 10.7 Å². The van der Waals surface area contributed by atoms with E-state index in [2.05, 4.69) is 106 Å². The zero-order valence-corrected chi connectivity index (χ0v) is 20.9. The first-order chi connectivity index (χ1) is 15.8. The summed E-state index contributed by atoms with van der Waals surface area (Å²) >= 11 is 0. The molecule has 3 rings (SSSR count). The predicted molar refractivity (Wildman–Crippen MR) is 143 cm³/mol. The van der Waals surface area contributed by atoms with E-state index in [-0.39, 0.29) is 6.17 Å². The Morgan fingerprint density at radius 3 is 2.52 bits per heavy atom. The third kappa shape index (κ3) is 6.72. The van der Waals surface area contributed by atoms with E-state index in [9.17, 15) is 0 Å². The van der Waals surface area contributed by atoms with Crippen molar-refractivity contribution in [3.8, 4) is 0 Å². The van der Waals surface area contributed by atoms with Crippen molar-refractivity contribution in [3.05, 3.63) is 83.1 Å². The maximum Gasteiger partial charge on any atom is 0.137 e. The van der Waals surface area contributed by atoms with Crippen LogP contribution in [-0.2, 0) is 6.42 Å². The van der Waals surface area contributed by atoms with Crippen LogP contribution in [0.15, 0.2) is 71.4 Å². The maximum absolute atomic E-state index is 5.48. The lowest BCUT2D eigenvalue weighted by Crippen LogP contribution is -2.40. The zero-order valence-electron chi connectivity index (χ0n) is 20.9. The van der Waals surface area contributed by atoms with Gasteiger partial charge in [0.25, 0.3) is 0 Å². The van der Waals surface area contributed by atoms with Crippen LogP contribution >= 0.6 is 0 Å². The average molecular weight is 446 g/mol. The van der Waals surface area contributed by atoms with Gasteiger partial charge in [-0.2, -0.15) is 0 Å². The molecule has 0 bridgehead atoms. The molecule has 0 fully saturated rings. The van der Waals surface area contributed by atoms with Crippen molar-refractivity contribution in [3.63, 3.8) is 0 Å². The van der Waals surface area contributed by atoms with Crippen LogP contribution in [0.4, 0.5) is 11.4 Å². The van der Waals surface area contributed by atoms with E-state index in [0.29, 0.717) is 12.0 Å². The van der Waals surface area contributed by atoms with E-state index < -0.39 is 0 Å². The van der Waals surface area contributed by atoms with Crippen molar-refractivity contribution in [2.75, 3.05) is 24.2 Å². The molecule has 0 aliphatic carbocycles. The molecule has 0 aromatic heterocycles. The monoisotopic (exact) mass is 445 g/mol. The van der Waals surface area contributed by atoms with Gasteiger partial charge in [0.05, 0.1) is 0 Å². The van der Waals surface area contributed by atoms with Gasteiger partial charge >= 0.3 is 0 Å². The Morgan fingerprint density at radius 2 is 1.88 bits per heavy atom. The molecule has 4 N–H and O–H groups in total. The number of rotatable bonds is 8. The van der Waals surface area contributed by atoms with Crippen LogP contribution in [0.25, 0.3) is 0 Å². The number of nitrogens with zero attached hydrogens (tertiary/aromatic N) is 2. The van der Waals surface area contributed by atoms with Gasteiger partial charge in [0.2, 0.25) is 0 Å². The molecule has 1 aliphatic heterocycles. The SMILES string of the molecule is C/C(=C/C=C\N)Cc1ccc2c(c1)NC(CN(C)C(C)C)N=C2Nc1ccc(C(C)C)cc1. The van der Waals surface area contributed by atoms with Gasteiger partial charge in [0.15, 0.2) is 0 Å². The number of fused-ring (bicyclic) bond motifs is 1. The fourth-order valence-corrected chi connectivity index (χ4v) is 3.82. The smallest absolute Gasteiger partial charge is 0.137 e. The number of benzene rings is 2. The van der Waals surface area contributed by atoms with Crippen molar-refractivity contribution in [2.45, 2.75) is 59.2 Å². The second-order valence-electron chi connectivity index (χ2n) is 9.53. The van der Waals surface area contributed by atoms with Gasteiger partial charge in [-0.05, 0) is 87.8 Å². The van der Waals surface area contributed by atoms with Crippen LogP contribution in [0, 0.1) is 0 Å². The molecule has 176 valence electrons. The minimum Gasteiger partial charge on any atom is -0.405 e. The van der Waals surface area contributed by atoms with Crippen LogP contribution in [0.5, 0.6) is 0 Å². The van der Waals surface area contributed by atoms with Crippen LogP contribution in [0.3, 0.4) is 0 Å². The molecule has 0 amide bonds. The fraction of sp³-hybridized carbons (Fsp3) is 0.393. The highest BCUT2D eigenvalue weighted by Crippen LogP contribution is 2.27. The molecule has 1 aliphatic rings. The van der Waals surface area contributed by atoms with Crippen molar-refractivity contribution in [1.82, 2.24) is 4.90 Å². The van der Waals surface area contributed by atoms with Crippen LogP contribution in [0.2, 0.25) is 0 Å². The van der Waals surface area contributed by atoms with E-state index in [1.807, 2.05) is 6.08 Å². The van der Waals surface area contributed by atoms with E-state index in [0.717, 1.165) is 35.7 Å². The first-order valence-corrected chi connectivity index (χ1v) is 11.9. The summed E-state index contributed by atoms with van der Waals surface area (Å²) in [6, 6.07) is 15.7. The molecule has 0 radical (unpaired) electrons. The first-order valence-electron chi connectivity index (χ1n) is 11.9. The minimum atomic E-state index is -0.0191. The van der Waals surface area contributed by atoms with E-state index in [1.54, 1.807) is 6.20 Å². The molecule has 1 atom stereocenters. The molecule has 0 saturated carbocycles. The molecule has 2 aromatic carbocycles. The number of nitrogens with two attached hydrogens (primary N) is 1. The van der Waals surface area contributed by atoms with Gasteiger partial charge in [-0.25, -0.2) is 4.99 Å². The lowest BCUT2D eigenvalue weighted by atomic mass is 10.0. The molecule has 1 unspecified atom stereocenters. The number of anilines is 2. The number of amidine groups is 1. The van der Waals surface area contributed by atoms with E-state index in [1.165, 1.54) is 16.7 Å². The van der Waals surface area contributed by atoms with Gasteiger partial charge in [-0.3, -0.25) is 4.90 Å². The molecule has 5 nitrogen and oxygen atoms in total. The summed E-state index contributed by atoms with van der Waals surface area (Å²) in [6.45, 7) is 11.8. The Hall–Kier alpha value is -3.05. The molecular formula is C28H39N5. The lowest BCUT2D eigenvalue weighted by Gasteiger charge is -2.31. The molecule has 2 aromatic rings. The number of nitrogens with one attached hydrogen (secondary N) is 2. The van der Waals surface area contributed by atoms with Gasteiger partial charge < -0.3 is 16.4 Å². The second kappa shape index (κ2) is 11.2. The molecule has 33 heavy (non-hydrogen) atoms. The third-order valence-corrected chi connectivity index (χ3v) is 6.10. The summed E-state index contributed by atoms with van der Waals surface area (Å²) in [5.74, 6) is 1.43. The number of likely N-dealkylation sites (N-methyl/N-ethyl adjacent to an activating group) is 1. The summed E-state index contributed by atoms with van der Waals surface area (Å²) in [5.41, 5.74) is 12.6. The Kier molecular flexibility index (Phi) is 8.34. The minimum absolute atomic E-state index is 0.0191. The van der Waals surface area contributed by atoms with E-state index in [4.69, 9.17) is 10.7 Å². The highest BCUT2D eigenvalue weighted by Gasteiger charge is 2.22. The third-order valence-electron chi connectivity index (χ3n) is 6.10. The molecular weight excluding hydrogens is 406 g/mol. The van der Waals surface area contributed by atoms with Gasteiger partial charge in [0.1, 0.15) is 12.0 Å². The van der Waals surface area contributed by atoms with Crippen molar-refractivity contribution < 1.29 is 0 Å². The Balaban J connectivity index is 1.89.